The normalized spacial score (nSPS) is 11.0. The summed E-state index contributed by atoms with van der Waals surface area (Å²) in [6.07, 6.45) is -3.94. The van der Waals surface area contributed by atoms with Crippen LogP contribution in [0.3, 0.4) is 0 Å². The van der Waals surface area contributed by atoms with Gasteiger partial charge in [-0.1, -0.05) is 5.11 Å². The van der Waals surface area contributed by atoms with Gasteiger partial charge in [0, 0.05) is 4.91 Å². The number of halogens is 3. The van der Waals surface area contributed by atoms with Crippen molar-refractivity contribution in [3.05, 3.63) is 28.3 Å². The fraction of sp³-hybridized carbons (Fsp3) is 0.400. The van der Waals surface area contributed by atoms with E-state index in [2.05, 4.69) is 19.4 Å². The molecule has 0 aliphatic carbocycles. The molecule has 0 aliphatic heterocycles. The van der Waals surface area contributed by atoms with Gasteiger partial charge in [0.15, 0.2) is 6.39 Å². The molecule has 0 atom stereocenters. The van der Waals surface area contributed by atoms with Crippen LogP contribution in [-0.2, 0) is 12.7 Å². The molecule has 0 saturated carbocycles. The quantitative estimate of drug-likeness (QED) is 0.410. The van der Waals surface area contributed by atoms with Crippen molar-refractivity contribution in [1.29, 1.82) is 0 Å². The van der Waals surface area contributed by atoms with E-state index in [-0.39, 0.29) is 0 Å². The van der Waals surface area contributed by atoms with Gasteiger partial charge < -0.3 is 4.42 Å². The lowest BCUT2D eigenvalue weighted by atomic mass is 10.3. The fourth-order valence-corrected chi connectivity index (χ4v) is 0.711. The van der Waals surface area contributed by atoms with Crippen LogP contribution < -0.4 is 0 Å². The average Bonchev–Trinajstić information content (AvgIpc) is 2.47. The smallest absolute Gasteiger partial charge is 0.439 e. The Hall–Kier alpha value is -1.69. The number of alkyl halides is 3. The van der Waals surface area contributed by atoms with Gasteiger partial charge >= 0.3 is 6.18 Å². The molecule has 0 aliphatic rings. The second-order valence-electron chi connectivity index (χ2n) is 2.01. The zero-order valence-corrected chi connectivity index (χ0v) is 6.12. The van der Waals surface area contributed by atoms with Crippen LogP contribution in [-0.4, -0.2) is 4.98 Å². The van der Waals surface area contributed by atoms with Gasteiger partial charge in [0.1, 0.15) is 0 Å². The molecule has 1 aromatic rings. The first kappa shape index (κ1) is 9.40. The number of hydrogen-bond acceptors (Lipinski definition) is 3. The van der Waals surface area contributed by atoms with E-state index in [1.807, 2.05) is 0 Å². The Morgan fingerprint density at radius 3 is 2.85 bits per heavy atom. The summed E-state index contributed by atoms with van der Waals surface area (Å²) in [7, 11) is 0. The molecular weight excluding hydrogens is 189 g/mol. The first-order valence-electron chi connectivity index (χ1n) is 3.06. The summed E-state index contributed by atoms with van der Waals surface area (Å²) in [5.74, 6) is -1.22. The maximum atomic E-state index is 12.0. The van der Waals surface area contributed by atoms with Crippen molar-refractivity contribution in [1.82, 2.24) is 4.98 Å². The third-order valence-corrected chi connectivity index (χ3v) is 1.18. The summed E-state index contributed by atoms with van der Waals surface area (Å²) >= 11 is 0. The Balaban J connectivity index is 2.96. The molecule has 0 N–H and O–H groups in total. The molecule has 70 valence electrons. The van der Waals surface area contributed by atoms with Crippen LogP contribution in [0.2, 0.25) is 0 Å². The Labute approximate surface area is 69.8 Å². The molecule has 1 rings (SSSR count). The minimum atomic E-state index is -4.60. The maximum Gasteiger partial charge on any atom is 0.451 e. The largest absolute Gasteiger partial charge is 0.451 e. The highest BCUT2D eigenvalue weighted by Crippen LogP contribution is 2.31. The van der Waals surface area contributed by atoms with Crippen molar-refractivity contribution >= 4 is 0 Å². The second kappa shape index (κ2) is 3.36. The van der Waals surface area contributed by atoms with E-state index in [0.717, 1.165) is 0 Å². The number of azide groups is 1. The highest BCUT2D eigenvalue weighted by molar-refractivity contribution is 5.10. The predicted molar refractivity (Wildman–Crippen MR) is 34.4 cm³/mol. The van der Waals surface area contributed by atoms with Crippen molar-refractivity contribution < 1.29 is 17.6 Å². The maximum absolute atomic E-state index is 12.0. The predicted octanol–water partition coefficient (Wildman–Crippen LogP) is 2.50. The molecule has 8 heteroatoms. The highest BCUT2D eigenvalue weighted by atomic mass is 19.4. The molecule has 0 bridgehead atoms. The second-order valence-corrected chi connectivity index (χ2v) is 2.01. The number of oxazole rings is 1. The zero-order chi connectivity index (χ0) is 9.90. The van der Waals surface area contributed by atoms with E-state index < -0.39 is 24.2 Å². The van der Waals surface area contributed by atoms with E-state index >= 15 is 0 Å². The van der Waals surface area contributed by atoms with E-state index in [4.69, 9.17) is 5.53 Å². The van der Waals surface area contributed by atoms with Crippen LogP contribution in [0.15, 0.2) is 15.9 Å². The monoisotopic (exact) mass is 192 g/mol. The number of aromatic nitrogens is 1. The van der Waals surface area contributed by atoms with Gasteiger partial charge in [0.05, 0.1) is 12.2 Å². The van der Waals surface area contributed by atoms with E-state index in [1.54, 1.807) is 0 Å². The summed E-state index contributed by atoms with van der Waals surface area (Å²) < 4.78 is 40.2. The molecule has 13 heavy (non-hydrogen) atoms. The minimum absolute atomic E-state index is 0.412. The van der Waals surface area contributed by atoms with Crippen LogP contribution in [0.4, 0.5) is 13.2 Å². The third kappa shape index (κ3) is 2.12. The Morgan fingerprint density at radius 2 is 2.31 bits per heavy atom. The van der Waals surface area contributed by atoms with Gasteiger partial charge in [-0.2, -0.15) is 13.2 Å². The summed E-state index contributed by atoms with van der Waals surface area (Å²) in [6.45, 7) is -0.470. The molecule has 0 spiro atoms. The Morgan fingerprint density at radius 1 is 1.62 bits per heavy atom. The molecule has 0 aromatic carbocycles. The van der Waals surface area contributed by atoms with Crippen molar-refractivity contribution in [2.75, 3.05) is 0 Å². The molecule has 0 radical (unpaired) electrons. The zero-order valence-electron chi connectivity index (χ0n) is 6.12. The van der Waals surface area contributed by atoms with Gasteiger partial charge in [-0.15, -0.1) is 0 Å². The van der Waals surface area contributed by atoms with Gasteiger partial charge in [0.25, 0.3) is 0 Å². The van der Waals surface area contributed by atoms with Gasteiger partial charge in [-0.25, -0.2) is 4.98 Å². The Kier molecular flexibility index (Phi) is 2.43. The van der Waals surface area contributed by atoms with Crippen LogP contribution in [0.5, 0.6) is 0 Å². The molecule has 0 fully saturated rings. The van der Waals surface area contributed by atoms with Crippen molar-refractivity contribution in [2.24, 2.45) is 5.11 Å². The first-order chi connectivity index (χ1) is 6.05. The van der Waals surface area contributed by atoms with E-state index in [0.29, 0.717) is 6.39 Å². The lowest BCUT2D eigenvalue weighted by Gasteiger charge is -2.01. The van der Waals surface area contributed by atoms with Gasteiger partial charge in [-0.3, -0.25) is 0 Å². The molecule has 0 amide bonds. The summed E-state index contributed by atoms with van der Waals surface area (Å²) in [5.41, 5.74) is 7.47. The van der Waals surface area contributed by atoms with Crippen LogP contribution in [0, 0.1) is 0 Å². The van der Waals surface area contributed by atoms with Crippen LogP contribution in [0.1, 0.15) is 11.5 Å². The van der Waals surface area contributed by atoms with Crippen molar-refractivity contribution in [2.45, 2.75) is 12.7 Å². The molecule has 1 heterocycles. The summed E-state index contributed by atoms with van der Waals surface area (Å²) in [4.78, 5) is 5.58. The standard InChI is InChI=1S/C5H3F3N4O/c6-5(7,8)4-3(1-11-12-9)10-2-13-4/h2H,1H2. The highest BCUT2D eigenvalue weighted by Gasteiger charge is 2.37. The number of rotatable bonds is 2. The van der Waals surface area contributed by atoms with Crippen molar-refractivity contribution in [3.8, 4) is 0 Å². The molecule has 0 saturated heterocycles. The minimum Gasteiger partial charge on any atom is -0.439 e. The molecule has 5 nitrogen and oxygen atoms in total. The molecule has 0 unspecified atom stereocenters. The first-order valence-corrected chi connectivity index (χ1v) is 3.06. The molecular formula is C5H3F3N4O. The molecule has 1 aromatic heterocycles. The average molecular weight is 192 g/mol. The lowest BCUT2D eigenvalue weighted by molar-refractivity contribution is -0.153. The topological polar surface area (TPSA) is 74.8 Å². The Bertz CT molecular complexity index is 338. The lowest BCUT2D eigenvalue weighted by Crippen LogP contribution is -2.06. The van der Waals surface area contributed by atoms with Gasteiger partial charge in [-0.05, 0) is 5.53 Å². The van der Waals surface area contributed by atoms with Gasteiger partial charge in [0.2, 0.25) is 5.76 Å². The van der Waals surface area contributed by atoms with E-state index in [1.165, 1.54) is 0 Å². The van der Waals surface area contributed by atoms with Crippen molar-refractivity contribution in [3.63, 3.8) is 0 Å². The van der Waals surface area contributed by atoms with E-state index in [9.17, 15) is 13.2 Å². The third-order valence-electron chi connectivity index (χ3n) is 1.18. The number of hydrogen-bond donors (Lipinski definition) is 0. The SMILES string of the molecule is [N-]=[N+]=NCc1ncoc1C(F)(F)F. The summed E-state index contributed by atoms with van der Waals surface area (Å²) in [5, 5.41) is 2.95. The van der Waals surface area contributed by atoms with Crippen LogP contribution in [0.25, 0.3) is 10.4 Å². The number of nitrogens with zero attached hydrogens (tertiary/aromatic N) is 4. The van der Waals surface area contributed by atoms with Crippen LogP contribution >= 0.6 is 0 Å². The fourth-order valence-electron chi connectivity index (χ4n) is 0.711. The summed E-state index contributed by atoms with van der Waals surface area (Å²) in [6, 6.07) is 0.